The quantitative estimate of drug-likeness (QED) is 0.550. The lowest BCUT2D eigenvalue weighted by Gasteiger charge is -2.11. The molecule has 0 spiro atoms. The number of nitrogens with one attached hydrogen (secondary N) is 1. The smallest absolute Gasteiger partial charge is 0.322 e. The summed E-state index contributed by atoms with van der Waals surface area (Å²) < 4.78 is 31.2. The molecule has 118 valence electrons. The van der Waals surface area contributed by atoms with Gasteiger partial charge in [0.2, 0.25) is 10.0 Å². The number of aryl methyl sites for hydroxylation is 1. The Kier molecular flexibility index (Phi) is 6.80. The molecule has 0 aliphatic rings. The third-order valence-corrected chi connectivity index (χ3v) is 4.38. The van der Waals surface area contributed by atoms with Crippen molar-refractivity contribution in [3.8, 4) is 0 Å². The van der Waals surface area contributed by atoms with Crippen LogP contribution < -0.4 is 10.5 Å². The van der Waals surface area contributed by atoms with E-state index < -0.39 is 22.0 Å². The van der Waals surface area contributed by atoms with Gasteiger partial charge in [0, 0.05) is 6.54 Å². The van der Waals surface area contributed by atoms with Crippen molar-refractivity contribution in [1.82, 2.24) is 4.72 Å². The number of benzene rings is 1. The molecule has 0 aliphatic carbocycles. The van der Waals surface area contributed by atoms with Gasteiger partial charge in [0.25, 0.3) is 0 Å². The predicted octanol–water partition coefficient (Wildman–Crippen LogP) is 0.944. The molecule has 0 amide bonds. The molecule has 3 N–H and O–H groups in total. The summed E-state index contributed by atoms with van der Waals surface area (Å²) in [6.45, 7) is 4.11. The summed E-state index contributed by atoms with van der Waals surface area (Å²) in [5.41, 5.74) is 6.62. The largest absolute Gasteiger partial charge is 0.465 e. The maximum absolute atomic E-state index is 12.0. The van der Waals surface area contributed by atoms with Gasteiger partial charge in [0.15, 0.2) is 0 Å². The van der Waals surface area contributed by atoms with E-state index in [1.165, 1.54) is 0 Å². The molecule has 6 nitrogen and oxygen atoms in total. The number of ether oxygens (including phenoxy) is 1. The van der Waals surface area contributed by atoms with Crippen molar-refractivity contribution in [2.45, 2.75) is 37.6 Å². The van der Waals surface area contributed by atoms with Crippen LogP contribution in [0, 0.1) is 6.92 Å². The van der Waals surface area contributed by atoms with Crippen LogP contribution in [0.3, 0.4) is 0 Å². The highest BCUT2D eigenvalue weighted by Gasteiger charge is 2.16. The summed E-state index contributed by atoms with van der Waals surface area (Å²) in [6, 6.07) is 5.88. The van der Waals surface area contributed by atoms with Crippen LogP contribution >= 0.6 is 0 Å². The minimum Gasteiger partial charge on any atom is -0.465 e. The molecular formula is C14H22N2O4S. The van der Waals surface area contributed by atoms with E-state index in [0.717, 1.165) is 5.56 Å². The van der Waals surface area contributed by atoms with Crippen LogP contribution in [0.15, 0.2) is 29.2 Å². The standard InChI is InChI=1S/C14H22N2O4S/c1-3-20-14(17)13(15)5-4-10-16-21(18,19)12-8-6-11(2)7-9-12/h6-9,13,16H,3-5,10,15H2,1-2H3. The molecular weight excluding hydrogens is 292 g/mol. The van der Waals surface area contributed by atoms with E-state index in [-0.39, 0.29) is 18.0 Å². The Morgan fingerprint density at radius 2 is 1.95 bits per heavy atom. The maximum atomic E-state index is 12.0. The van der Waals surface area contributed by atoms with Crippen LogP contribution in [0.5, 0.6) is 0 Å². The van der Waals surface area contributed by atoms with E-state index in [0.29, 0.717) is 12.8 Å². The number of carbonyl (C=O) groups is 1. The van der Waals surface area contributed by atoms with E-state index >= 15 is 0 Å². The molecule has 0 aromatic heterocycles. The van der Waals surface area contributed by atoms with Gasteiger partial charge < -0.3 is 10.5 Å². The number of sulfonamides is 1. The van der Waals surface area contributed by atoms with Crippen molar-refractivity contribution in [3.05, 3.63) is 29.8 Å². The number of nitrogens with two attached hydrogens (primary N) is 1. The highest BCUT2D eigenvalue weighted by molar-refractivity contribution is 7.89. The van der Waals surface area contributed by atoms with Crippen molar-refractivity contribution in [2.24, 2.45) is 5.73 Å². The van der Waals surface area contributed by atoms with Crippen molar-refractivity contribution in [3.63, 3.8) is 0 Å². The fraction of sp³-hybridized carbons (Fsp3) is 0.500. The number of hydrogen-bond donors (Lipinski definition) is 2. The molecule has 1 rings (SSSR count). The molecule has 0 aliphatic heterocycles. The van der Waals surface area contributed by atoms with Gasteiger partial charge in [-0.05, 0) is 38.8 Å². The zero-order chi connectivity index (χ0) is 15.9. The third-order valence-electron chi connectivity index (χ3n) is 2.90. The summed E-state index contributed by atoms with van der Waals surface area (Å²) >= 11 is 0. The van der Waals surface area contributed by atoms with Gasteiger partial charge in [-0.15, -0.1) is 0 Å². The first kappa shape index (κ1) is 17.6. The molecule has 0 fully saturated rings. The number of rotatable bonds is 8. The van der Waals surface area contributed by atoms with Crippen LogP contribution in [0.2, 0.25) is 0 Å². The molecule has 0 heterocycles. The molecule has 21 heavy (non-hydrogen) atoms. The average molecular weight is 314 g/mol. The highest BCUT2D eigenvalue weighted by Crippen LogP contribution is 2.09. The Hall–Kier alpha value is -1.44. The van der Waals surface area contributed by atoms with Crippen molar-refractivity contribution in [2.75, 3.05) is 13.2 Å². The lowest BCUT2D eigenvalue weighted by molar-refractivity contribution is -0.144. The summed E-state index contributed by atoms with van der Waals surface area (Å²) in [7, 11) is -3.51. The minimum atomic E-state index is -3.51. The van der Waals surface area contributed by atoms with Gasteiger partial charge in [0.05, 0.1) is 11.5 Å². The van der Waals surface area contributed by atoms with Crippen molar-refractivity contribution < 1.29 is 17.9 Å². The summed E-state index contributed by atoms with van der Waals surface area (Å²) in [4.78, 5) is 11.5. The normalized spacial score (nSPS) is 12.9. The van der Waals surface area contributed by atoms with Crippen LogP contribution in [0.4, 0.5) is 0 Å². The molecule has 0 saturated heterocycles. The zero-order valence-corrected chi connectivity index (χ0v) is 13.2. The minimum absolute atomic E-state index is 0.225. The fourth-order valence-electron chi connectivity index (χ4n) is 1.70. The Morgan fingerprint density at radius 1 is 1.33 bits per heavy atom. The maximum Gasteiger partial charge on any atom is 0.322 e. The van der Waals surface area contributed by atoms with Crippen LogP contribution in [0.1, 0.15) is 25.3 Å². The zero-order valence-electron chi connectivity index (χ0n) is 12.3. The second-order valence-electron chi connectivity index (χ2n) is 4.71. The van der Waals surface area contributed by atoms with Crippen molar-refractivity contribution >= 4 is 16.0 Å². The van der Waals surface area contributed by atoms with E-state index in [1.54, 1.807) is 31.2 Å². The third kappa shape index (κ3) is 5.82. The molecule has 1 unspecified atom stereocenters. The lowest BCUT2D eigenvalue weighted by atomic mass is 10.2. The molecule has 1 aromatic rings. The van der Waals surface area contributed by atoms with E-state index in [9.17, 15) is 13.2 Å². The second-order valence-corrected chi connectivity index (χ2v) is 6.48. The number of hydrogen-bond acceptors (Lipinski definition) is 5. The van der Waals surface area contributed by atoms with Gasteiger partial charge in [-0.2, -0.15) is 0 Å². The first-order chi connectivity index (χ1) is 9.86. The van der Waals surface area contributed by atoms with E-state index in [1.807, 2.05) is 6.92 Å². The lowest BCUT2D eigenvalue weighted by Crippen LogP contribution is -2.33. The summed E-state index contributed by atoms with van der Waals surface area (Å²) in [5, 5.41) is 0. The Balaban J connectivity index is 2.41. The van der Waals surface area contributed by atoms with Gasteiger partial charge in [-0.1, -0.05) is 17.7 Å². The highest BCUT2D eigenvalue weighted by atomic mass is 32.2. The first-order valence-corrected chi connectivity index (χ1v) is 8.33. The van der Waals surface area contributed by atoms with Crippen LogP contribution in [-0.4, -0.2) is 33.6 Å². The molecule has 0 saturated carbocycles. The van der Waals surface area contributed by atoms with Gasteiger partial charge in [-0.25, -0.2) is 13.1 Å². The SMILES string of the molecule is CCOC(=O)C(N)CCCNS(=O)(=O)c1ccc(C)cc1. The number of carbonyl (C=O) groups excluding carboxylic acids is 1. The topological polar surface area (TPSA) is 98.5 Å². The molecule has 7 heteroatoms. The Morgan fingerprint density at radius 3 is 2.52 bits per heavy atom. The van der Waals surface area contributed by atoms with E-state index in [2.05, 4.69) is 4.72 Å². The first-order valence-electron chi connectivity index (χ1n) is 6.85. The summed E-state index contributed by atoms with van der Waals surface area (Å²) in [6.07, 6.45) is 0.834. The van der Waals surface area contributed by atoms with Crippen LogP contribution in [-0.2, 0) is 19.6 Å². The van der Waals surface area contributed by atoms with E-state index in [4.69, 9.17) is 10.5 Å². The van der Waals surface area contributed by atoms with Crippen molar-refractivity contribution in [1.29, 1.82) is 0 Å². The molecule has 1 aromatic carbocycles. The number of esters is 1. The predicted molar refractivity (Wildman–Crippen MR) is 80.2 cm³/mol. The molecule has 1 atom stereocenters. The monoisotopic (exact) mass is 314 g/mol. The fourth-order valence-corrected chi connectivity index (χ4v) is 2.77. The molecule has 0 bridgehead atoms. The average Bonchev–Trinajstić information content (AvgIpc) is 2.44. The summed E-state index contributed by atoms with van der Waals surface area (Å²) in [5.74, 6) is -0.459. The Labute approximate surface area is 125 Å². The molecule has 0 radical (unpaired) electrons. The van der Waals surface area contributed by atoms with Crippen LogP contribution in [0.25, 0.3) is 0 Å². The second kappa shape index (κ2) is 8.11. The Bertz CT molecular complexity index is 555. The van der Waals surface area contributed by atoms with Gasteiger partial charge in [-0.3, -0.25) is 4.79 Å². The van der Waals surface area contributed by atoms with Gasteiger partial charge in [0.1, 0.15) is 6.04 Å². The van der Waals surface area contributed by atoms with Gasteiger partial charge >= 0.3 is 5.97 Å².